The lowest BCUT2D eigenvalue weighted by molar-refractivity contribution is -0.144. The van der Waals surface area contributed by atoms with Crippen molar-refractivity contribution < 1.29 is 23.9 Å². The van der Waals surface area contributed by atoms with E-state index in [1.165, 1.54) is 6.92 Å². The first-order valence-corrected chi connectivity index (χ1v) is 11.8. The van der Waals surface area contributed by atoms with Crippen LogP contribution in [-0.2, 0) is 15.0 Å². The zero-order valence-electron chi connectivity index (χ0n) is 19.9. The minimum Gasteiger partial charge on any atom is -0.425 e. The molecule has 37 heavy (non-hydrogen) atoms. The Kier molecular flexibility index (Phi) is 5.23. The van der Waals surface area contributed by atoms with Crippen molar-refractivity contribution in [2.24, 2.45) is 0 Å². The second-order valence-electron chi connectivity index (χ2n) is 9.06. The molecule has 0 unspecified atom stereocenters. The SMILES string of the molecule is C[C@]1(C(=O)Oc2ccc3ccccc3c2)C(=O)N(C(=O)Oc2ccc3ccccc3c2)c2ccccc21. The van der Waals surface area contributed by atoms with Crippen LogP contribution in [0.15, 0.2) is 109 Å². The van der Waals surface area contributed by atoms with Gasteiger partial charge in [-0.05, 0) is 58.8 Å². The summed E-state index contributed by atoms with van der Waals surface area (Å²) in [6.07, 6.45) is -0.894. The lowest BCUT2D eigenvalue weighted by Gasteiger charge is -2.21. The van der Waals surface area contributed by atoms with E-state index in [1.807, 2.05) is 60.7 Å². The van der Waals surface area contributed by atoms with Gasteiger partial charge in [0.2, 0.25) is 0 Å². The minimum absolute atomic E-state index is 0.288. The molecule has 0 saturated heterocycles. The number of hydrogen-bond donors (Lipinski definition) is 0. The number of anilines is 1. The van der Waals surface area contributed by atoms with Gasteiger partial charge in [-0.25, -0.2) is 9.69 Å². The quantitative estimate of drug-likeness (QED) is 0.167. The fourth-order valence-corrected chi connectivity index (χ4v) is 4.74. The van der Waals surface area contributed by atoms with E-state index >= 15 is 0 Å². The van der Waals surface area contributed by atoms with Crippen LogP contribution in [0.3, 0.4) is 0 Å². The molecule has 5 aromatic carbocycles. The number of hydrogen-bond acceptors (Lipinski definition) is 5. The first-order valence-electron chi connectivity index (χ1n) is 11.8. The zero-order chi connectivity index (χ0) is 25.6. The van der Waals surface area contributed by atoms with Crippen LogP contribution in [0.5, 0.6) is 11.5 Å². The highest BCUT2D eigenvalue weighted by Crippen LogP contribution is 2.43. The molecule has 1 atom stereocenters. The maximum Gasteiger partial charge on any atom is 0.426 e. The normalized spacial score (nSPS) is 16.6. The fourth-order valence-electron chi connectivity index (χ4n) is 4.74. The number of carbonyl (C=O) groups excluding carboxylic acids is 3. The maximum absolute atomic E-state index is 13.7. The Morgan fingerprint density at radius 1 is 0.649 bits per heavy atom. The molecule has 0 fully saturated rings. The van der Waals surface area contributed by atoms with Gasteiger partial charge in [0.1, 0.15) is 11.5 Å². The van der Waals surface area contributed by atoms with Crippen molar-refractivity contribution in [2.45, 2.75) is 12.3 Å². The Morgan fingerprint density at radius 2 is 1.16 bits per heavy atom. The minimum atomic E-state index is -1.73. The van der Waals surface area contributed by atoms with Crippen molar-refractivity contribution in [2.75, 3.05) is 4.90 Å². The van der Waals surface area contributed by atoms with Crippen LogP contribution in [0, 0.1) is 0 Å². The number of fused-ring (bicyclic) bond motifs is 3. The van der Waals surface area contributed by atoms with Crippen molar-refractivity contribution in [1.29, 1.82) is 0 Å². The van der Waals surface area contributed by atoms with Crippen LogP contribution >= 0.6 is 0 Å². The van der Waals surface area contributed by atoms with Crippen LogP contribution in [0.25, 0.3) is 21.5 Å². The highest BCUT2D eigenvalue weighted by Gasteiger charge is 2.56. The Hall–Kier alpha value is -4.97. The van der Waals surface area contributed by atoms with Crippen LogP contribution < -0.4 is 14.4 Å². The monoisotopic (exact) mass is 487 g/mol. The van der Waals surface area contributed by atoms with Gasteiger partial charge < -0.3 is 9.47 Å². The summed E-state index contributed by atoms with van der Waals surface area (Å²) in [6.45, 7) is 1.47. The number of para-hydroxylation sites is 1. The number of esters is 1. The zero-order valence-corrected chi connectivity index (χ0v) is 19.9. The van der Waals surface area contributed by atoms with E-state index in [9.17, 15) is 14.4 Å². The van der Waals surface area contributed by atoms with Crippen LogP contribution in [0.1, 0.15) is 12.5 Å². The Morgan fingerprint density at radius 3 is 1.78 bits per heavy atom. The summed E-state index contributed by atoms with van der Waals surface area (Å²) in [5, 5.41) is 3.79. The summed E-state index contributed by atoms with van der Waals surface area (Å²) in [7, 11) is 0. The van der Waals surface area contributed by atoms with Crippen molar-refractivity contribution in [3.05, 3.63) is 115 Å². The summed E-state index contributed by atoms with van der Waals surface area (Å²) in [5.41, 5.74) is -1.07. The van der Waals surface area contributed by atoms with Gasteiger partial charge in [0.25, 0.3) is 5.91 Å². The molecule has 6 heteroatoms. The average molecular weight is 488 g/mol. The molecule has 0 bridgehead atoms. The molecule has 6 rings (SSSR count). The largest absolute Gasteiger partial charge is 0.426 e. The first-order chi connectivity index (χ1) is 17.9. The molecular weight excluding hydrogens is 466 g/mol. The van der Waals surface area contributed by atoms with E-state index in [4.69, 9.17) is 9.47 Å². The third-order valence-corrected chi connectivity index (χ3v) is 6.76. The molecule has 2 amide bonds. The van der Waals surface area contributed by atoms with Gasteiger partial charge in [0, 0.05) is 5.56 Å². The summed E-state index contributed by atoms with van der Waals surface area (Å²) in [5.74, 6) is -0.903. The third-order valence-electron chi connectivity index (χ3n) is 6.76. The number of nitrogens with zero attached hydrogens (tertiary/aromatic N) is 1. The van der Waals surface area contributed by atoms with E-state index in [-0.39, 0.29) is 5.69 Å². The molecule has 1 aliphatic rings. The van der Waals surface area contributed by atoms with Crippen LogP contribution in [0.2, 0.25) is 0 Å². The van der Waals surface area contributed by atoms with Gasteiger partial charge >= 0.3 is 12.1 Å². The van der Waals surface area contributed by atoms with Crippen molar-refractivity contribution in [3.63, 3.8) is 0 Å². The van der Waals surface area contributed by atoms with Gasteiger partial charge in [-0.1, -0.05) is 78.9 Å². The van der Waals surface area contributed by atoms with Gasteiger partial charge in [-0.2, -0.15) is 0 Å². The van der Waals surface area contributed by atoms with Crippen molar-refractivity contribution >= 4 is 45.2 Å². The number of rotatable bonds is 3. The van der Waals surface area contributed by atoms with E-state index < -0.39 is 23.4 Å². The number of carbonyl (C=O) groups is 3. The van der Waals surface area contributed by atoms with E-state index in [1.54, 1.807) is 48.5 Å². The lowest BCUT2D eigenvalue weighted by Crippen LogP contribution is -2.48. The number of benzene rings is 5. The molecule has 0 saturated carbocycles. The van der Waals surface area contributed by atoms with Crippen molar-refractivity contribution in [3.8, 4) is 11.5 Å². The molecule has 1 heterocycles. The van der Waals surface area contributed by atoms with Gasteiger partial charge in [0.05, 0.1) is 5.69 Å². The Bertz CT molecular complexity index is 1730. The Balaban J connectivity index is 1.31. The molecular formula is C31H21NO5. The van der Waals surface area contributed by atoms with Gasteiger partial charge in [-0.3, -0.25) is 9.59 Å². The highest BCUT2D eigenvalue weighted by atomic mass is 16.6. The topological polar surface area (TPSA) is 72.9 Å². The standard InChI is InChI=1S/C31H21NO5/c1-31(29(34)36-24-16-14-20-8-2-4-10-22(20)18-24)26-12-6-7-13-27(26)32(28(31)33)30(35)37-25-17-15-21-9-3-5-11-23(21)19-25/h2-19H,1H3/t31-/m1/s1. The molecule has 180 valence electrons. The summed E-state index contributed by atoms with van der Waals surface area (Å²) in [6, 6.07) is 32.5. The fraction of sp³-hybridized carbons (Fsp3) is 0.0645. The van der Waals surface area contributed by atoms with Crippen LogP contribution in [0.4, 0.5) is 10.5 Å². The summed E-state index contributed by atoms with van der Waals surface area (Å²) < 4.78 is 11.3. The molecule has 0 N–H and O–H groups in total. The Labute approximate surface area is 212 Å². The predicted octanol–water partition coefficient (Wildman–Crippen LogP) is 6.40. The van der Waals surface area contributed by atoms with E-state index in [0.29, 0.717) is 17.1 Å². The van der Waals surface area contributed by atoms with Gasteiger partial charge in [-0.15, -0.1) is 0 Å². The molecule has 5 aromatic rings. The number of amides is 2. The molecule has 0 spiro atoms. The summed E-state index contributed by atoms with van der Waals surface area (Å²) in [4.78, 5) is 41.4. The number of imide groups is 1. The third kappa shape index (κ3) is 3.70. The molecule has 0 aliphatic carbocycles. The van der Waals surface area contributed by atoms with Crippen molar-refractivity contribution in [1.82, 2.24) is 0 Å². The van der Waals surface area contributed by atoms with Gasteiger partial charge in [0.15, 0.2) is 5.41 Å². The smallest absolute Gasteiger partial charge is 0.425 e. The maximum atomic E-state index is 13.7. The van der Waals surface area contributed by atoms with Crippen LogP contribution in [-0.4, -0.2) is 18.0 Å². The first kappa shape index (κ1) is 22.5. The molecule has 0 aromatic heterocycles. The van der Waals surface area contributed by atoms with E-state index in [0.717, 1.165) is 26.4 Å². The molecule has 1 aliphatic heterocycles. The number of ether oxygens (including phenoxy) is 2. The lowest BCUT2D eigenvalue weighted by atomic mass is 9.84. The predicted molar refractivity (Wildman–Crippen MR) is 141 cm³/mol. The average Bonchev–Trinajstić information content (AvgIpc) is 3.16. The van der Waals surface area contributed by atoms with E-state index in [2.05, 4.69) is 0 Å². The second kappa shape index (κ2) is 8.60. The second-order valence-corrected chi connectivity index (χ2v) is 9.06. The summed E-state index contributed by atoms with van der Waals surface area (Å²) >= 11 is 0. The molecule has 0 radical (unpaired) electrons. The molecule has 6 nitrogen and oxygen atoms in total. The highest BCUT2D eigenvalue weighted by molar-refractivity contribution is 6.28.